The van der Waals surface area contributed by atoms with Gasteiger partial charge in [-0.3, -0.25) is 19.1 Å². The number of aliphatic imine (C=N–C) groups is 1. The fourth-order valence-corrected chi connectivity index (χ4v) is 7.71. The van der Waals surface area contributed by atoms with Crippen molar-refractivity contribution in [3.63, 3.8) is 0 Å². The summed E-state index contributed by atoms with van der Waals surface area (Å²) in [6.45, 7) is 6.56. The summed E-state index contributed by atoms with van der Waals surface area (Å²) in [7, 11) is 1.31. The predicted octanol–water partition coefficient (Wildman–Crippen LogP) is 7.98. The van der Waals surface area contributed by atoms with Gasteiger partial charge in [-0.05, 0) is 69.5 Å². The molecule has 3 heterocycles. The van der Waals surface area contributed by atoms with E-state index in [-0.39, 0.29) is 31.1 Å². The molecule has 3 N–H and O–H groups in total. The molecule has 54 heavy (non-hydrogen) atoms. The number of aryl methyl sites for hydroxylation is 2. The van der Waals surface area contributed by atoms with Crippen molar-refractivity contribution in [3.05, 3.63) is 91.8 Å². The van der Waals surface area contributed by atoms with Crippen molar-refractivity contribution < 1.29 is 23.9 Å². The maximum atomic E-state index is 12.7. The molecule has 2 aromatic heterocycles. The highest BCUT2D eigenvalue weighted by Gasteiger charge is 2.31. The van der Waals surface area contributed by atoms with Crippen LogP contribution in [-0.4, -0.2) is 58.6 Å². The van der Waals surface area contributed by atoms with Crippen LogP contribution in [0.4, 0.5) is 5.69 Å². The van der Waals surface area contributed by atoms with Crippen molar-refractivity contribution in [2.45, 2.75) is 91.0 Å². The van der Waals surface area contributed by atoms with E-state index in [0.29, 0.717) is 41.1 Å². The number of esters is 2. The summed E-state index contributed by atoms with van der Waals surface area (Å²) in [6, 6.07) is 12.3. The Bertz CT molecular complexity index is 2060. The molecule has 1 amide bonds. The number of rotatable bonds is 16. The largest absolute Gasteiger partial charge is 0.466 e. The fraction of sp³-hybridized carbons (Fsp3) is 0.415. The van der Waals surface area contributed by atoms with Crippen molar-refractivity contribution in [1.29, 1.82) is 0 Å². The molecule has 0 radical (unpaired) electrons. The Labute approximate surface area is 325 Å². The molecule has 0 saturated carbocycles. The van der Waals surface area contributed by atoms with Crippen LogP contribution in [0.5, 0.6) is 0 Å². The molecule has 4 aromatic rings. The van der Waals surface area contributed by atoms with Gasteiger partial charge in [0.15, 0.2) is 5.82 Å². The number of hydrogen-bond acceptors (Lipinski definition) is 10. The number of carbonyl (C=O) groups is 3. The van der Waals surface area contributed by atoms with Gasteiger partial charge in [0.1, 0.15) is 16.9 Å². The summed E-state index contributed by atoms with van der Waals surface area (Å²) in [6.07, 6.45) is 7.73. The van der Waals surface area contributed by atoms with Crippen molar-refractivity contribution in [2.24, 2.45) is 10.7 Å². The second-order valence-corrected chi connectivity index (χ2v) is 14.8. The van der Waals surface area contributed by atoms with E-state index in [2.05, 4.69) is 45.8 Å². The van der Waals surface area contributed by atoms with Crippen LogP contribution in [0.15, 0.2) is 47.5 Å². The number of nitrogens with one attached hydrogen (secondary N) is 1. The second-order valence-electron chi connectivity index (χ2n) is 13.2. The zero-order chi connectivity index (χ0) is 38.6. The summed E-state index contributed by atoms with van der Waals surface area (Å²) >= 11 is 7.93. The van der Waals surface area contributed by atoms with Crippen LogP contribution in [0.25, 0.3) is 5.00 Å². The average molecular weight is 771 g/mol. The number of halogens is 1. The lowest BCUT2D eigenvalue weighted by Gasteiger charge is -2.13. The van der Waals surface area contributed by atoms with E-state index in [0.717, 1.165) is 78.4 Å². The number of nitrogens with zero attached hydrogens (tertiary/aromatic N) is 4. The van der Waals surface area contributed by atoms with E-state index in [1.165, 1.54) is 17.6 Å². The van der Waals surface area contributed by atoms with Crippen LogP contribution in [-0.2, 0) is 19.1 Å². The van der Waals surface area contributed by atoms with Crippen LogP contribution < -0.4 is 11.1 Å². The molecule has 1 aliphatic heterocycles. The van der Waals surface area contributed by atoms with Gasteiger partial charge >= 0.3 is 11.9 Å². The minimum Gasteiger partial charge on any atom is -0.466 e. The molecule has 0 fully saturated rings. The van der Waals surface area contributed by atoms with Gasteiger partial charge in [-0.1, -0.05) is 67.7 Å². The van der Waals surface area contributed by atoms with Crippen LogP contribution >= 0.6 is 22.9 Å². The van der Waals surface area contributed by atoms with Crippen LogP contribution in [0.2, 0.25) is 5.02 Å². The van der Waals surface area contributed by atoms with Crippen molar-refractivity contribution >= 4 is 52.2 Å². The number of thiophene rings is 1. The lowest BCUT2D eigenvalue weighted by molar-refractivity contribution is -0.144. The Kier molecular flexibility index (Phi) is 14.6. The highest BCUT2D eigenvalue weighted by atomic mass is 35.5. The average Bonchev–Trinajstić information content (AvgIpc) is 3.64. The molecule has 284 valence electrons. The summed E-state index contributed by atoms with van der Waals surface area (Å²) in [4.78, 5) is 43.6. The number of unbranched alkanes of at least 4 members (excludes halogenated alkanes) is 6. The number of benzene rings is 2. The summed E-state index contributed by atoms with van der Waals surface area (Å²) < 4.78 is 12.6. The summed E-state index contributed by atoms with van der Waals surface area (Å²) in [5.74, 6) is 6.33. The molecule has 0 spiro atoms. The molecule has 0 unspecified atom stereocenters. The Morgan fingerprint density at radius 2 is 1.67 bits per heavy atom. The second kappa shape index (κ2) is 19.5. The Morgan fingerprint density at radius 1 is 0.963 bits per heavy atom. The molecule has 11 nitrogen and oxygen atoms in total. The third kappa shape index (κ3) is 10.2. The minimum absolute atomic E-state index is 0.0939. The number of hydrogen-bond donors (Lipinski definition) is 2. The molecule has 1 aliphatic rings. The zero-order valence-corrected chi connectivity index (χ0v) is 32.9. The summed E-state index contributed by atoms with van der Waals surface area (Å²) in [5.41, 5.74) is 10.9. The van der Waals surface area contributed by atoms with E-state index < -0.39 is 5.97 Å². The van der Waals surface area contributed by atoms with Crippen LogP contribution in [0, 0.1) is 32.6 Å². The molecule has 0 bridgehead atoms. The van der Waals surface area contributed by atoms with Gasteiger partial charge in [-0.2, -0.15) is 0 Å². The SMILES string of the molecule is COC(=O)c1ccc(NC(=O)CCCCCCCCCC(=O)OCC[C@@H]2N=C(c3ccc(Cl)cc3)c3c(sc(C)c3C)-n3c(C)nnc32)cc1C#CCN. The Hall–Kier alpha value is -4.83. The van der Waals surface area contributed by atoms with Crippen LogP contribution in [0.1, 0.15) is 119 Å². The number of aromatic nitrogens is 3. The smallest absolute Gasteiger partial charge is 0.339 e. The van der Waals surface area contributed by atoms with Gasteiger partial charge in [0.2, 0.25) is 5.91 Å². The molecular weight excluding hydrogens is 724 g/mol. The van der Waals surface area contributed by atoms with Crippen LogP contribution in [0.3, 0.4) is 0 Å². The van der Waals surface area contributed by atoms with Gasteiger partial charge in [-0.25, -0.2) is 4.79 Å². The first-order valence-electron chi connectivity index (χ1n) is 18.3. The Balaban J connectivity index is 1.02. The molecule has 13 heteroatoms. The van der Waals surface area contributed by atoms with E-state index in [1.54, 1.807) is 29.5 Å². The topological polar surface area (TPSA) is 151 Å². The molecule has 0 saturated heterocycles. The van der Waals surface area contributed by atoms with E-state index in [4.69, 9.17) is 31.8 Å². The van der Waals surface area contributed by atoms with Gasteiger partial charge in [0, 0.05) is 51.5 Å². The molecular formula is C41H47ClN6O5S. The maximum Gasteiger partial charge on any atom is 0.339 e. The van der Waals surface area contributed by atoms with Gasteiger partial charge in [-0.15, -0.1) is 21.5 Å². The maximum absolute atomic E-state index is 12.7. The normalized spacial score (nSPS) is 13.1. The van der Waals surface area contributed by atoms with Crippen molar-refractivity contribution in [1.82, 2.24) is 14.8 Å². The predicted molar refractivity (Wildman–Crippen MR) is 213 cm³/mol. The fourth-order valence-electron chi connectivity index (χ4n) is 6.37. The number of ether oxygens (including phenoxy) is 2. The standard InChI is InChI=1S/C41H47ClN6O5S/c1-26-27(2)54-40-37(26)38(29-16-18-31(42)19-17-29)45-34(39-47-46-28(3)48(39)40)22-24-53-36(50)15-11-9-7-5-6-8-10-14-35(49)44-32-20-21-33(41(51)52-4)30(25-32)13-12-23-43/h16-21,25,34H,5-11,14-15,22-24,43H2,1-4H3,(H,44,49)/t34-/m0/s1. The van der Waals surface area contributed by atoms with Crippen molar-refractivity contribution in [3.8, 4) is 16.8 Å². The molecule has 1 atom stereocenters. The third-order valence-electron chi connectivity index (χ3n) is 9.33. The number of carbonyl (C=O) groups excluding carboxylic acids is 3. The minimum atomic E-state index is -0.499. The third-order valence-corrected chi connectivity index (χ3v) is 10.8. The molecule has 2 aromatic carbocycles. The van der Waals surface area contributed by atoms with Gasteiger partial charge in [0.25, 0.3) is 0 Å². The number of methoxy groups -OCH3 is 1. The Morgan fingerprint density at radius 3 is 2.37 bits per heavy atom. The first-order chi connectivity index (χ1) is 26.1. The van der Waals surface area contributed by atoms with E-state index in [9.17, 15) is 14.4 Å². The molecule has 0 aliphatic carbocycles. The molecule has 5 rings (SSSR count). The van der Waals surface area contributed by atoms with Gasteiger partial charge < -0.3 is 20.5 Å². The first kappa shape index (κ1) is 40.4. The number of nitrogens with two attached hydrogens (primary N) is 1. The lowest BCUT2D eigenvalue weighted by Crippen LogP contribution is -2.12. The number of fused-ring (bicyclic) bond motifs is 3. The van der Waals surface area contributed by atoms with E-state index in [1.807, 2.05) is 31.2 Å². The lowest BCUT2D eigenvalue weighted by atomic mass is 9.99. The van der Waals surface area contributed by atoms with Crippen molar-refractivity contribution in [2.75, 3.05) is 25.6 Å². The quantitative estimate of drug-likeness (QED) is 0.0662. The zero-order valence-electron chi connectivity index (χ0n) is 31.3. The first-order valence-corrected chi connectivity index (χ1v) is 19.5. The highest BCUT2D eigenvalue weighted by Crippen LogP contribution is 2.39. The van der Waals surface area contributed by atoms with E-state index >= 15 is 0 Å². The summed E-state index contributed by atoms with van der Waals surface area (Å²) in [5, 5.41) is 13.5. The number of amides is 1. The van der Waals surface area contributed by atoms with Gasteiger partial charge in [0.05, 0.1) is 31.5 Å². The highest BCUT2D eigenvalue weighted by molar-refractivity contribution is 7.15. The monoisotopic (exact) mass is 770 g/mol. The number of anilines is 1.